The molecule has 1 aromatic heterocycles. The van der Waals surface area contributed by atoms with E-state index in [0.29, 0.717) is 18.7 Å². The molecule has 3 heterocycles. The third-order valence-corrected chi connectivity index (χ3v) is 5.12. The van der Waals surface area contributed by atoms with Crippen molar-refractivity contribution in [2.75, 3.05) is 39.4 Å². The van der Waals surface area contributed by atoms with Crippen LogP contribution >= 0.6 is 0 Å². The summed E-state index contributed by atoms with van der Waals surface area (Å²) in [7, 11) is 0. The van der Waals surface area contributed by atoms with Crippen molar-refractivity contribution in [1.29, 1.82) is 0 Å². The quantitative estimate of drug-likeness (QED) is 0.831. The van der Waals surface area contributed by atoms with Crippen LogP contribution in [0.5, 0.6) is 0 Å². The van der Waals surface area contributed by atoms with Crippen LogP contribution in [0.1, 0.15) is 48.7 Å². The molecule has 2 aliphatic heterocycles. The Kier molecular flexibility index (Phi) is 6.68. The standard InChI is InChI=1S/C19H29N3O4/c1-15(23)20-6-5-17-4-2-3-7-22(17)19(24)16-12-18(26-14-16)13-21-8-10-25-11-9-21/h12,14,17H,2-11,13H2,1H3,(H,20,23)/t17-/m1/s1. The molecular formula is C19H29N3O4. The lowest BCUT2D eigenvalue weighted by molar-refractivity contribution is -0.119. The van der Waals surface area contributed by atoms with Gasteiger partial charge in [-0.15, -0.1) is 0 Å². The fourth-order valence-corrected chi connectivity index (χ4v) is 3.70. The summed E-state index contributed by atoms with van der Waals surface area (Å²) < 4.78 is 11.0. The van der Waals surface area contributed by atoms with Gasteiger partial charge in [0.25, 0.3) is 5.91 Å². The molecule has 0 radical (unpaired) electrons. The molecule has 7 nitrogen and oxygen atoms in total. The highest BCUT2D eigenvalue weighted by molar-refractivity contribution is 5.94. The zero-order valence-corrected chi connectivity index (χ0v) is 15.5. The van der Waals surface area contributed by atoms with Gasteiger partial charge in [0.05, 0.1) is 25.3 Å². The number of hydrogen-bond donors (Lipinski definition) is 1. The molecule has 0 unspecified atom stereocenters. The number of ether oxygens (including phenoxy) is 1. The van der Waals surface area contributed by atoms with Crippen LogP contribution in [-0.2, 0) is 16.1 Å². The summed E-state index contributed by atoms with van der Waals surface area (Å²) in [5.74, 6) is 0.831. The number of carbonyl (C=O) groups is 2. The van der Waals surface area contributed by atoms with Gasteiger partial charge in [0.15, 0.2) is 0 Å². The molecule has 1 aromatic rings. The maximum atomic E-state index is 13.0. The summed E-state index contributed by atoms with van der Waals surface area (Å²) in [6.07, 6.45) is 5.52. The predicted molar refractivity (Wildman–Crippen MR) is 96.8 cm³/mol. The Bertz CT molecular complexity index is 610. The maximum absolute atomic E-state index is 13.0. The molecule has 0 saturated carbocycles. The molecule has 3 rings (SSSR count). The Morgan fingerprint density at radius 2 is 2.04 bits per heavy atom. The van der Waals surface area contributed by atoms with E-state index in [1.54, 1.807) is 6.26 Å². The van der Waals surface area contributed by atoms with Crippen LogP contribution in [0.2, 0.25) is 0 Å². The average molecular weight is 363 g/mol. The van der Waals surface area contributed by atoms with Crippen LogP contribution in [0.3, 0.4) is 0 Å². The highest BCUT2D eigenvalue weighted by Gasteiger charge is 2.28. The van der Waals surface area contributed by atoms with E-state index >= 15 is 0 Å². The molecule has 144 valence electrons. The second kappa shape index (κ2) is 9.19. The van der Waals surface area contributed by atoms with Gasteiger partial charge in [-0.05, 0) is 31.7 Å². The van der Waals surface area contributed by atoms with Gasteiger partial charge in [-0.1, -0.05) is 0 Å². The van der Waals surface area contributed by atoms with E-state index in [9.17, 15) is 9.59 Å². The van der Waals surface area contributed by atoms with Gasteiger partial charge in [0.2, 0.25) is 5.91 Å². The first-order valence-corrected chi connectivity index (χ1v) is 9.56. The van der Waals surface area contributed by atoms with Gasteiger partial charge >= 0.3 is 0 Å². The molecule has 2 aliphatic rings. The highest BCUT2D eigenvalue weighted by atomic mass is 16.5. The summed E-state index contributed by atoms with van der Waals surface area (Å²) in [6.45, 7) is 6.88. The van der Waals surface area contributed by atoms with E-state index in [4.69, 9.17) is 9.15 Å². The minimum Gasteiger partial charge on any atom is -0.467 e. The predicted octanol–water partition coefficient (Wildman–Crippen LogP) is 1.63. The summed E-state index contributed by atoms with van der Waals surface area (Å²) in [6, 6.07) is 2.05. The Morgan fingerprint density at radius 3 is 2.81 bits per heavy atom. The first-order chi connectivity index (χ1) is 12.6. The summed E-state index contributed by atoms with van der Waals surface area (Å²) >= 11 is 0. The first kappa shape index (κ1) is 18.9. The number of nitrogens with zero attached hydrogens (tertiary/aromatic N) is 2. The molecule has 0 spiro atoms. The number of amides is 2. The van der Waals surface area contributed by atoms with Gasteiger partial charge in [-0.25, -0.2) is 0 Å². The minimum atomic E-state index is -0.0266. The molecule has 7 heteroatoms. The van der Waals surface area contributed by atoms with Gasteiger partial charge in [0.1, 0.15) is 12.0 Å². The zero-order valence-electron chi connectivity index (χ0n) is 15.5. The normalized spacial score (nSPS) is 21.6. The lowest BCUT2D eigenvalue weighted by atomic mass is 9.98. The summed E-state index contributed by atoms with van der Waals surface area (Å²) in [5.41, 5.74) is 0.625. The van der Waals surface area contributed by atoms with E-state index in [-0.39, 0.29) is 17.9 Å². The van der Waals surface area contributed by atoms with Crippen molar-refractivity contribution in [2.45, 2.75) is 45.2 Å². The van der Waals surface area contributed by atoms with Crippen molar-refractivity contribution < 1.29 is 18.7 Å². The molecule has 0 bridgehead atoms. The largest absolute Gasteiger partial charge is 0.467 e. The fourth-order valence-electron chi connectivity index (χ4n) is 3.70. The smallest absolute Gasteiger partial charge is 0.257 e. The molecule has 1 atom stereocenters. The first-order valence-electron chi connectivity index (χ1n) is 9.56. The molecule has 2 amide bonds. The van der Waals surface area contributed by atoms with Crippen molar-refractivity contribution in [3.63, 3.8) is 0 Å². The number of rotatable bonds is 6. The third-order valence-electron chi connectivity index (χ3n) is 5.12. The second-order valence-electron chi connectivity index (χ2n) is 7.11. The van der Waals surface area contributed by atoms with Gasteiger partial charge in [-0.2, -0.15) is 0 Å². The molecule has 0 aliphatic carbocycles. The van der Waals surface area contributed by atoms with Crippen molar-refractivity contribution in [1.82, 2.24) is 15.1 Å². The Morgan fingerprint density at radius 1 is 1.23 bits per heavy atom. The minimum absolute atomic E-state index is 0.0266. The fraction of sp³-hybridized carbons (Fsp3) is 0.684. The van der Waals surface area contributed by atoms with Crippen LogP contribution in [0.15, 0.2) is 16.7 Å². The van der Waals surface area contributed by atoms with Gasteiger partial charge < -0.3 is 19.4 Å². The van der Waals surface area contributed by atoms with Gasteiger partial charge in [-0.3, -0.25) is 14.5 Å². The Labute approximate surface area is 154 Å². The van der Waals surface area contributed by atoms with E-state index in [2.05, 4.69) is 10.2 Å². The van der Waals surface area contributed by atoms with E-state index in [1.165, 1.54) is 6.92 Å². The van der Waals surface area contributed by atoms with Gasteiger partial charge in [0, 0.05) is 39.1 Å². The van der Waals surface area contributed by atoms with Crippen molar-refractivity contribution in [3.05, 3.63) is 23.7 Å². The SMILES string of the molecule is CC(=O)NCC[C@H]1CCCCN1C(=O)c1coc(CN2CCOCC2)c1. The Hall–Kier alpha value is -1.86. The number of likely N-dealkylation sites (tertiary alicyclic amines) is 1. The summed E-state index contributed by atoms with van der Waals surface area (Å²) in [4.78, 5) is 28.3. The van der Waals surface area contributed by atoms with E-state index in [1.807, 2.05) is 11.0 Å². The van der Waals surface area contributed by atoms with Crippen LogP contribution in [0.25, 0.3) is 0 Å². The van der Waals surface area contributed by atoms with Crippen LogP contribution in [0.4, 0.5) is 0 Å². The average Bonchev–Trinajstić information content (AvgIpc) is 3.10. The lowest BCUT2D eigenvalue weighted by Crippen LogP contribution is -2.45. The topological polar surface area (TPSA) is 75.0 Å². The van der Waals surface area contributed by atoms with Crippen LogP contribution < -0.4 is 5.32 Å². The number of furan rings is 1. The molecule has 0 aromatic carbocycles. The second-order valence-corrected chi connectivity index (χ2v) is 7.11. The molecule has 1 N–H and O–H groups in total. The van der Waals surface area contributed by atoms with Crippen molar-refractivity contribution in [3.8, 4) is 0 Å². The van der Waals surface area contributed by atoms with Crippen LogP contribution in [-0.4, -0.2) is 67.0 Å². The molecule has 2 saturated heterocycles. The number of hydrogen-bond acceptors (Lipinski definition) is 5. The molecular weight excluding hydrogens is 334 g/mol. The molecule has 2 fully saturated rings. The number of nitrogens with one attached hydrogen (secondary N) is 1. The maximum Gasteiger partial charge on any atom is 0.257 e. The lowest BCUT2D eigenvalue weighted by Gasteiger charge is -2.35. The monoisotopic (exact) mass is 363 g/mol. The van der Waals surface area contributed by atoms with Crippen molar-refractivity contribution in [2.24, 2.45) is 0 Å². The zero-order chi connectivity index (χ0) is 18.4. The third kappa shape index (κ3) is 5.08. The van der Waals surface area contributed by atoms with E-state index in [0.717, 1.165) is 64.3 Å². The Balaban J connectivity index is 1.58. The number of piperidine rings is 1. The highest BCUT2D eigenvalue weighted by Crippen LogP contribution is 2.23. The number of morpholine rings is 1. The number of carbonyl (C=O) groups excluding carboxylic acids is 2. The summed E-state index contributed by atoms with van der Waals surface area (Å²) in [5, 5.41) is 2.83. The van der Waals surface area contributed by atoms with Crippen molar-refractivity contribution >= 4 is 11.8 Å². The molecule has 26 heavy (non-hydrogen) atoms. The van der Waals surface area contributed by atoms with Crippen LogP contribution in [0, 0.1) is 0 Å². The van der Waals surface area contributed by atoms with E-state index < -0.39 is 0 Å².